The van der Waals surface area contributed by atoms with Crippen LogP contribution in [0.2, 0.25) is 0 Å². The molecule has 1 saturated heterocycles. The lowest BCUT2D eigenvalue weighted by Gasteiger charge is -2.32. The van der Waals surface area contributed by atoms with Crippen LogP contribution in [0.15, 0.2) is 12.1 Å². The van der Waals surface area contributed by atoms with E-state index in [0.29, 0.717) is 13.0 Å². The van der Waals surface area contributed by atoms with Crippen molar-refractivity contribution in [3.8, 4) is 0 Å². The monoisotopic (exact) mass is 361 g/mol. The molecule has 1 aliphatic rings. The molecule has 0 radical (unpaired) electrons. The Morgan fingerprint density at radius 1 is 1.12 bits per heavy atom. The molecular formula is C19H27N3O4. The van der Waals surface area contributed by atoms with Gasteiger partial charge in [0.25, 0.3) is 0 Å². The molecule has 1 aliphatic heterocycles. The second-order valence-corrected chi connectivity index (χ2v) is 6.92. The average molecular weight is 361 g/mol. The molecule has 2 amide bonds. The smallest absolute Gasteiger partial charge is 0.320 e. The first-order valence-corrected chi connectivity index (χ1v) is 8.89. The summed E-state index contributed by atoms with van der Waals surface area (Å²) in [6.07, 6.45) is 2.28. The molecule has 7 heteroatoms. The van der Waals surface area contributed by atoms with E-state index < -0.39 is 12.0 Å². The number of carbonyl (C=O) groups excluding carboxylic acids is 2. The summed E-state index contributed by atoms with van der Waals surface area (Å²) in [6.45, 7) is 6.28. The number of aliphatic carboxylic acids is 1. The predicted octanol–water partition coefficient (Wildman–Crippen LogP) is 1.61. The summed E-state index contributed by atoms with van der Waals surface area (Å²) in [5, 5.41) is 14.6. The van der Waals surface area contributed by atoms with E-state index in [-0.39, 0.29) is 24.9 Å². The number of carboxylic acid groups (broad SMARTS) is 1. The number of hydrogen-bond donors (Lipinski definition) is 3. The van der Waals surface area contributed by atoms with Crippen molar-refractivity contribution in [2.45, 2.75) is 46.1 Å². The molecule has 1 atom stereocenters. The van der Waals surface area contributed by atoms with Gasteiger partial charge in [0.1, 0.15) is 6.04 Å². The van der Waals surface area contributed by atoms with Crippen molar-refractivity contribution in [3.63, 3.8) is 0 Å². The molecule has 142 valence electrons. The highest BCUT2D eigenvalue weighted by Crippen LogP contribution is 2.21. The van der Waals surface area contributed by atoms with Crippen LogP contribution in [0.4, 0.5) is 5.69 Å². The number of carboxylic acids is 1. The summed E-state index contributed by atoms with van der Waals surface area (Å²) in [5.74, 6) is -1.55. The number of anilines is 1. The van der Waals surface area contributed by atoms with Gasteiger partial charge in [-0.3, -0.25) is 19.3 Å². The summed E-state index contributed by atoms with van der Waals surface area (Å²) >= 11 is 0. The number of carbonyl (C=O) groups is 3. The van der Waals surface area contributed by atoms with Gasteiger partial charge in [0.05, 0.1) is 13.1 Å². The SMILES string of the molecule is Cc1cc(C)c(NC(=O)CNC(=O)CN2CCCCC2C(=O)O)c(C)c1. The van der Waals surface area contributed by atoms with Crippen LogP contribution in [-0.2, 0) is 14.4 Å². The highest BCUT2D eigenvalue weighted by atomic mass is 16.4. The number of amides is 2. The fraction of sp³-hybridized carbons (Fsp3) is 0.526. The molecule has 1 aromatic rings. The number of aryl methyl sites for hydroxylation is 3. The van der Waals surface area contributed by atoms with E-state index in [1.807, 2.05) is 32.9 Å². The zero-order valence-electron chi connectivity index (χ0n) is 15.6. The maximum atomic E-state index is 12.1. The Bertz CT molecular complexity index is 679. The predicted molar refractivity (Wildman–Crippen MR) is 99.1 cm³/mol. The lowest BCUT2D eigenvalue weighted by atomic mass is 10.0. The number of likely N-dealkylation sites (tertiary alicyclic amines) is 1. The van der Waals surface area contributed by atoms with Gasteiger partial charge in [-0.2, -0.15) is 0 Å². The number of hydrogen-bond acceptors (Lipinski definition) is 4. The van der Waals surface area contributed by atoms with Crippen molar-refractivity contribution < 1.29 is 19.5 Å². The van der Waals surface area contributed by atoms with E-state index in [4.69, 9.17) is 0 Å². The van der Waals surface area contributed by atoms with Crippen molar-refractivity contribution in [1.29, 1.82) is 0 Å². The van der Waals surface area contributed by atoms with Crippen LogP contribution < -0.4 is 10.6 Å². The third-order valence-electron chi connectivity index (χ3n) is 4.63. The molecule has 1 unspecified atom stereocenters. The van der Waals surface area contributed by atoms with E-state index in [2.05, 4.69) is 10.6 Å². The molecule has 1 fully saturated rings. The van der Waals surface area contributed by atoms with Crippen molar-refractivity contribution in [3.05, 3.63) is 28.8 Å². The number of nitrogens with one attached hydrogen (secondary N) is 2. The lowest BCUT2D eigenvalue weighted by Crippen LogP contribution is -2.49. The molecule has 1 aromatic carbocycles. The highest BCUT2D eigenvalue weighted by molar-refractivity contribution is 5.96. The molecule has 3 N–H and O–H groups in total. The van der Waals surface area contributed by atoms with Crippen molar-refractivity contribution >= 4 is 23.5 Å². The fourth-order valence-corrected chi connectivity index (χ4v) is 3.44. The van der Waals surface area contributed by atoms with Gasteiger partial charge in [-0.15, -0.1) is 0 Å². The quantitative estimate of drug-likeness (QED) is 0.715. The Morgan fingerprint density at radius 3 is 2.38 bits per heavy atom. The van der Waals surface area contributed by atoms with Gasteiger partial charge in [0.15, 0.2) is 0 Å². The van der Waals surface area contributed by atoms with E-state index in [9.17, 15) is 19.5 Å². The Morgan fingerprint density at radius 2 is 1.77 bits per heavy atom. The zero-order valence-corrected chi connectivity index (χ0v) is 15.6. The molecule has 7 nitrogen and oxygen atoms in total. The number of piperidine rings is 1. The van der Waals surface area contributed by atoms with Gasteiger partial charge >= 0.3 is 5.97 Å². The minimum atomic E-state index is -0.902. The van der Waals surface area contributed by atoms with Gasteiger partial charge in [0.2, 0.25) is 11.8 Å². The summed E-state index contributed by atoms with van der Waals surface area (Å²) in [6, 6.07) is 3.36. The molecule has 0 aliphatic carbocycles. The first-order chi connectivity index (χ1) is 12.3. The number of nitrogens with zero attached hydrogens (tertiary/aromatic N) is 1. The average Bonchev–Trinajstić information content (AvgIpc) is 2.56. The fourth-order valence-electron chi connectivity index (χ4n) is 3.44. The molecule has 2 rings (SSSR count). The van der Waals surface area contributed by atoms with Crippen molar-refractivity contribution in [1.82, 2.24) is 10.2 Å². The molecule has 0 saturated carbocycles. The van der Waals surface area contributed by atoms with Crippen LogP contribution in [0.25, 0.3) is 0 Å². The van der Waals surface area contributed by atoms with E-state index in [1.54, 1.807) is 4.90 Å². The van der Waals surface area contributed by atoms with Gasteiger partial charge < -0.3 is 15.7 Å². The third-order valence-corrected chi connectivity index (χ3v) is 4.63. The number of benzene rings is 1. The standard InChI is InChI=1S/C19H27N3O4/c1-12-8-13(2)18(14(3)9-12)21-16(23)10-20-17(24)11-22-7-5-4-6-15(22)19(25)26/h8-9,15H,4-7,10-11H2,1-3H3,(H,20,24)(H,21,23)(H,25,26). The van der Waals surface area contributed by atoms with Crippen LogP contribution in [0, 0.1) is 20.8 Å². The van der Waals surface area contributed by atoms with E-state index >= 15 is 0 Å². The third kappa shape index (κ3) is 5.29. The lowest BCUT2D eigenvalue weighted by molar-refractivity contribution is -0.145. The number of rotatable bonds is 6. The minimum Gasteiger partial charge on any atom is -0.480 e. The molecule has 26 heavy (non-hydrogen) atoms. The first kappa shape index (κ1) is 19.9. The zero-order chi connectivity index (χ0) is 19.3. The van der Waals surface area contributed by atoms with Gasteiger partial charge in [-0.05, 0) is 51.3 Å². The van der Waals surface area contributed by atoms with Crippen molar-refractivity contribution in [2.24, 2.45) is 0 Å². The maximum absolute atomic E-state index is 12.1. The normalized spacial score (nSPS) is 17.6. The van der Waals surface area contributed by atoms with Crippen LogP contribution in [-0.4, -0.2) is 53.5 Å². The summed E-state index contributed by atoms with van der Waals surface area (Å²) in [7, 11) is 0. The van der Waals surface area contributed by atoms with Gasteiger partial charge in [0, 0.05) is 5.69 Å². The summed E-state index contributed by atoms with van der Waals surface area (Å²) in [5.41, 5.74) is 3.83. The topological polar surface area (TPSA) is 98.7 Å². The van der Waals surface area contributed by atoms with Crippen LogP contribution in [0.3, 0.4) is 0 Å². The minimum absolute atomic E-state index is 0.00711. The maximum Gasteiger partial charge on any atom is 0.320 e. The Labute approximate surface area is 153 Å². The summed E-state index contributed by atoms with van der Waals surface area (Å²) < 4.78 is 0. The van der Waals surface area contributed by atoms with E-state index in [0.717, 1.165) is 35.2 Å². The molecule has 0 aromatic heterocycles. The first-order valence-electron chi connectivity index (χ1n) is 8.89. The Hall–Kier alpha value is -2.41. The van der Waals surface area contributed by atoms with E-state index in [1.165, 1.54) is 0 Å². The molecule has 0 bridgehead atoms. The van der Waals surface area contributed by atoms with Crippen LogP contribution >= 0.6 is 0 Å². The van der Waals surface area contributed by atoms with Crippen LogP contribution in [0.1, 0.15) is 36.0 Å². The molecular weight excluding hydrogens is 334 g/mol. The highest BCUT2D eigenvalue weighted by Gasteiger charge is 2.29. The summed E-state index contributed by atoms with van der Waals surface area (Å²) in [4.78, 5) is 37.2. The second kappa shape index (κ2) is 8.80. The Balaban J connectivity index is 1.85. The molecule has 1 heterocycles. The van der Waals surface area contributed by atoms with Crippen LogP contribution in [0.5, 0.6) is 0 Å². The van der Waals surface area contributed by atoms with Crippen molar-refractivity contribution in [2.75, 3.05) is 25.0 Å². The second-order valence-electron chi connectivity index (χ2n) is 6.92. The molecule has 0 spiro atoms. The largest absolute Gasteiger partial charge is 0.480 e. The van der Waals surface area contributed by atoms with Gasteiger partial charge in [-0.25, -0.2) is 0 Å². The Kier molecular flexibility index (Phi) is 6.74. The van der Waals surface area contributed by atoms with Gasteiger partial charge in [-0.1, -0.05) is 24.1 Å².